The highest BCUT2D eigenvalue weighted by Crippen LogP contribution is 2.40. The highest BCUT2D eigenvalue weighted by molar-refractivity contribution is 5.05. The van der Waals surface area contributed by atoms with Gasteiger partial charge in [0, 0.05) is 12.1 Å². The predicted octanol–water partition coefficient (Wildman–Crippen LogP) is 1.41. The average molecular weight is 110 g/mol. The first kappa shape index (κ1) is 4.80. The van der Waals surface area contributed by atoms with Crippen molar-refractivity contribution in [2.24, 2.45) is 0 Å². The van der Waals surface area contributed by atoms with Crippen LogP contribution in [-0.4, -0.2) is 18.0 Å². The van der Waals surface area contributed by atoms with Gasteiger partial charge in [0.15, 0.2) is 0 Å². The molecule has 0 amide bonds. The summed E-state index contributed by atoms with van der Waals surface area (Å²) >= 11 is 0. The standard InChI is InChI=1S/C7H12N/c1-8-6-2-3-7(8)5-4-6/h6H,2-5H2,1H3. The largest absolute Gasteiger partial charge is 0.296 e. The highest BCUT2D eigenvalue weighted by atomic mass is 15.2. The zero-order valence-electron chi connectivity index (χ0n) is 5.35. The molecule has 2 heterocycles. The Labute approximate surface area is 50.7 Å². The molecule has 1 nitrogen and oxygen atoms in total. The lowest BCUT2D eigenvalue weighted by molar-refractivity contribution is 0.370. The van der Waals surface area contributed by atoms with Crippen molar-refractivity contribution < 1.29 is 0 Å². The van der Waals surface area contributed by atoms with Crippen molar-refractivity contribution in [1.29, 1.82) is 0 Å². The van der Waals surface area contributed by atoms with Gasteiger partial charge >= 0.3 is 0 Å². The van der Waals surface area contributed by atoms with Crippen LogP contribution in [0.1, 0.15) is 25.7 Å². The van der Waals surface area contributed by atoms with Gasteiger partial charge in [0.05, 0.1) is 0 Å². The minimum absolute atomic E-state index is 0.935. The Balaban J connectivity index is 2.16. The minimum atomic E-state index is 0.935. The Kier molecular flexibility index (Phi) is 0.884. The van der Waals surface area contributed by atoms with E-state index in [1.165, 1.54) is 25.7 Å². The molecule has 0 aromatic carbocycles. The number of nitrogens with zero attached hydrogens (tertiary/aromatic N) is 1. The van der Waals surface area contributed by atoms with E-state index in [4.69, 9.17) is 0 Å². The molecule has 1 heteroatoms. The smallest absolute Gasteiger partial charge is 0.0394 e. The van der Waals surface area contributed by atoms with Crippen LogP contribution in [-0.2, 0) is 0 Å². The van der Waals surface area contributed by atoms with Gasteiger partial charge in [-0.2, -0.15) is 0 Å². The van der Waals surface area contributed by atoms with Gasteiger partial charge in [-0.15, -0.1) is 0 Å². The van der Waals surface area contributed by atoms with Crippen LogP contribution in [0.4, 0.5) is 0 Å². The summed E-state index contributed by atoms with van der Waals surface area (Å²) in [6.45, 7) is 0. The van der Waals surface area contributed by atoms with E-state index >= 15 is 0 Å². The summed E-state index contributed by atoms with van der Waals surface area (Å²) in [5, 5.41) is 0. The van der Waals surface area contributed by atoms with Crippen LogP contribution >= 0.6 is 0 Å². The molecule has 2 fully saturated rings. The van der Waals surface area contributed by atoms with Gasteiger partial charge in [-0.3, -0.25) is 4.90 Å². The second-order valence-electron chi connectivity index (χ2n) is 2.91. The van der Waals surface area contributed by atoms with E-state index in [0.717, 1.165) is 6.04 Å². The molecule has 2 bridgehead atoms. The number of hydrogen-bond acceptors (Lipinski definition) is 1. The Bertz CT molecular complexity index is 80.6. The number of rotatable bonds is 0. The van der Waals surface area contributed by atoms with E-state index in [1.807, 2.05) is 0 Å². The van der Waals surface area contributed by atoms with Crippen molar-refractivity contribution in [2.45, 2.75) is 31.7 Å². The molecule has 2 aliphatic rings. The topological polar surface area (TPSA) is 3.24 Å². The monoisotopic (exact) mass is 110 g/mol. The molecule has 45 valence electrons. The summed E-state index contributed by atoms with van der Waals surface area (Å²) in [6, 6.07) is 2.64. The first-order valence-corrected chi connectivity index (χ1v) is 3.45. The second kappa shape index (κ2) is 1.47. The van der Waals surface area contributed by atoms with E-state index in [1.54, 1.807) is 6.04 Å². The molecule has 0 aromatic rings. The third kappa shape index (κ3) is 0.455. The molecule has 0 spiro atoms. The quantitative estimate of drug-likeness (QED) is 0.455. The van der Waals surface area contributed by atoms with Crippen LogP contribution < -0.4 is 0 Å². The van der Waals surface area contributed by atoms with Crippen LogP contribution in [0, 0.1) is 6.04 Å². The van der Waals surface area contributed by atoms with E-state index in [-0.39, 0.29) is 0 Å². The van der Waals surface area contributed by atoms with Crippen LogP contribution in [0.2, 0.25) is 0 Å². The molecule has 0 N–H and O–H groups in total. The molecule has 8 heavy (non-hydrogen) atoms. The molecule has 2 aliphatic heterocycles. The fourth-order valence-corrected chi connectivity index (χ4v) is 1.93. The third-order valence-electron chi connectivity index (χ3n) is 2.58. The van der Waals surface area contributed by atoms with Crippen LogP contribution in [0.3, 0.4) is 0 Å². The van der Waals surface area contributed by atoms with E-state index < -0.39 is 0 Å². The Hall–Kier alpha value is -0.0400. The molecular weight excluding hydrogens is 98.1 g/mol. The third-order valence-corrected chi connectivity index (χ3v) is 2.58. The molecule has 2 saturated heterocycles. The first-order valence-electron chi connectivity index (χ1n) is 3.45. The van der Waals surface area contributed by atoms with Gasteiger partial charge in [-0.05, 0) is 32.7 Å². The maximum absolute atomic E-state index is 2.47. The van der Waals surface area contributed by atoms with Crippen molar-refractivity contribution in [3.8, 4) is 0 Å². The minimum Gasteiger partial charge on any atom is -0.296 e. The van der Waals surface area contributed by atoms with E-state index in [0.29, 0.717) is 0 Å². The van der Waals surface area contributed by atoms with Crippen LogP contribution in [0.5, 0.6) is 0 Å². The van der Waals surface area contributed by atoms with Crippen molar-refractivity contribution >= 4 is 0 Å². The van der Waals surface area contributed by atoms with Gasteiger partial charge in [0.1, 0.15) is 0 Å². The maximum Gasteiger partial charge on any atom is 0.0394 e. The lowest BCUT2D eigenvalue weighted by atomic mass is 10.0. The summed E-state index contributed by atoms with van der Waals surface area (Å²) < 4.78 is 0. The van der Waals surface area contributed by atoms with Crippen LogP contribution in [0.25, 0.3) is 0 Å². The lowest BCUT2D eigenvalue weighted by Gasteiger charge is -2.11. The fraction of sp³-hybridized carbons (Fsp3) is 0.857. The van der Waals surface area contributed by atoms with Gasteiger partial charge in [0.2, 0.25) is 0 Å². The molecule has 0 unspecified atom stereocenters. The van der Waals surface area contributed by atoms with Crippen molar-refractivity contribution in [3.05, 3.63) is 6.04 Å². The van der Waals surface area contributed by atoms with Crippen molar-refractivity contribution in [2.75, 3.05) is 7.05 Å². The summed E-state index contributed by atoms with van der Waals surface area (Å²) in [5.41, 5.74) is 0. The molecule has 0 saturated carbocycles. The Morgan fingerprint density at radius 3 is 2.12 bits per heavy atom. The van der Waals surface area contributed by atoms with Gasteiger partial charge in [-0.25, -0.2) is 0 Å². The summed E-state index contributed by atoms with van der Waals surface area (Å²) in [5.74, 6) is 0. The van der Waals surface area contributed by atoms with Gasteiger partial charge in [-0.1, -0.05) is 0 Å². The Morgan fingerprint density at radius 2 is 2.00 bits per heavy atom. The van der Waals surface area contributed by atoms with Crippen LogP contribution in [0.15, 0.2) is 0 Å². The van der Waals surface area contributed by atoms with Crippen molar-refractivity contribution in [3.63, 3.8) is 0 Å². The maximum atomic E-state index is 2.47. The zero-order chi connectivity index (χ0) is 5.56. The average Bonchev–Trinajstić information content (AvgIpc) is 2.29. The summed E-state index contributed by atoms with van der Waals surface area (Å²) in [4.78, 5) is 2.47. The molecule has 0 atom stereocenters. The van der Waals surface area contributed by atoms with Gasteiger partial charge in [0.25, 0.3) is 0 Å². The van der Waals surface area contributed by atoms with E-state index in [9.17, 15) is 0 Å². The fourth-order valence-electron chi connectivity index (χ4n) is 1.93. The number of hydrogen-bond donors (Lipinski definition) is 0. The normalized spacial score (nSPS) is 32.6. The van der Waals surface area contributed by atoms with Crippen molar-refractivity contribution in [1.82, 2.24) is 4.90 Å². The summed E-state index contributed by atoms with van der Waals surface area (Å²) in [6.07, 6.45) is 5.65. The highest BCUT2D eigenvalue weighted by Gasteiger charge is 2.36. The Morgan fingerprint density at radius 1 is 1.38 bits per heavy atom. The van der Waals surface area contributed by atoms with E-state index in [2.05, 4.69) is 11.9 Å². The zero-order valence-corrected chi connectivity index (χ0v) is 5.35. The molecule has 0 aliphatic carbocycles. The SMILES string of the molecule is CN1[C]2CCC1CC2. The molecular formula is C7H12N. The second-order valence-corrected chi connectivity index (χ2v) is 2.91. The first-order chi connectivity index (χ1) is 3.88. The molecule has 0 aromatic heterocycles. The predicted molar refractivity (Wildman–Crippen MR) is 33.3 cm³/mol. The lowest BCUT2D eigenvalue weighted by Crippen LogP contribution is -2.18. The molecule has 1 radical (unpaired) electrons. The molecule has 2 rings (SSSR count). The van der Waals surface area contributed by atoms with Gasteiger partial charge < -0.3 is 0 Å². The summed E-state index contributed by atoms with van der Waals surface area (Å²) in [7, 11) is 2.24. The number of fused-ring (bicyclic) bond motifs is 2.